The molecule has 2 unspecified atom stereocenters. The van der Waals surface area contributed by atoms with Crippen LogP contribution in [-0.4, -0.2) is 56.3 Å². The highest BCUT2D eigenvalue weighted by atomic mass is 127. The number of nitrogens with zero attached hydrogens (tertiary/aromatic N) is 2. The molecule has 6 nitrogen and oxygen atoms in total. The van der Waals surface area contributed by atoms with E-state index in [-0.39, 0.29) is 30.1 Å². The molecular weight excluding hydrogens is 455 g/mol. The van der Waals surface area contributed by atoms with E-state index in [4.69, 9.17) is 9.15 Å². The molecule has 0 aliphatic carbocycles. The second-order valence-electron chi connectivity index (χ2n) is 7.20. The van der Waals surface area contributed by atoms with Gasteiger partial charge in [0.05, 0.1) is 19.3 Å². The summed E-state index contributed by atoms with van der Waals surface area (Å²) in [5.74, 6) is 1.72. The van der Waals surface area contributed by atoms with Crippen molar-refractivity contribution in [2.45, 2.75) is 38.5 Å². The number of aliphatic imine (C=N–C) groups is 1. The average molecular weight is 484 g/mol. The van der Waals surface area contributed by atoms with Crippen molar-refractivity contribution in [3.63, 3.8) is 0 Å². The molecule has 0 saturated carbocycles. The fourth-order valence-corrected chi connectivity index (χ4v) is 4.00. The smallest absolute Gasteiger partial charge is 0.191 e. The summed E-state index contributed by atoms with van der Waals surface area (Å²) in [6.45, 7) is 6.56. The minimum Gasteiger partial charge on any atom is -0.459 e. The lowest BCUT2D eigenvalue weighted by atomic mass is 10.1. The van der Waals surface area contributed by atoms with Gasteiger partial charge < -0.3 is 19.8 Å². The molecule has 2 aliphatic heterocycles. The number of fused-ring (bicyclic) bond motifs is 2. The fraction of sp³-hybridized carbons (Fsp3) is 0.550. The third kappa shape index (κ3) is 4.57. The number of nitrogens with one attached hydrogen (secondary N) is 2. The van der Waals surface area contributed by atoms with Gasteiger partial charge in [0.15, 0.2) is 5.96 Å². The summed E-state index contributed by atoms with van der Waals surface area (Å²) in [7, 11) is 1.79. The monoisotopic (exact) mass is 484 g/mol. The van der Waals surface area contributed by atoms with E-state index >= 15 is 0 Å². The Bertz CT molecular complexity index is 791. The first-order valence-corrected chi connectivity index (χ1v) is 9.52. The highest BCUT2D eigenvalue weighted by molar-refractivity contribution is 14.0. The van der Waals surface area contributed by atoms with Crippen molar-refractivity contribution in [3.8, 4) is 0 Å². The van der Waals surface area contributed by atoms with Crippen LogP contribution < -0.4 is 10.6 Å². The topological polar surface area (TPSA) is 62.0 Å². The number of hydrogen-bond acceptors (Lipinski definition) is 4. The molecule has 27 heavy (non-hydrogen) atoms. The summed E-state index contributed by atoms with van der Waals surface area (Å²) in [4.78, 5) is 6.88. The van der Waals surface area contributed by atoms with Gasteiger partial charge in [-0.3, -0.25) is 9.89 Å². The van der Waals surface area contributed by atoms with Crippen LogP contribution in [0.25, 0.3) is 11.0 Å². The van der Waals surface area contributed by atoms with Crippen molar-refractivity contribution >= 4 is 40.9 Å². The molecule has 3 heterocycles. The van der Waals surface area contributed by atoms with Crippen molar-refractivity contribution in [2.75, 3.05) is 33.3 Å². The molecule has 0 amide bonds. The number of ether oxygens (including phenoxy) is 1. The summed E-state index contributed by atoms with van der Waals surface area (Å²) in [6.07, 6.45) is 2.80. The van der Waals surface area contributed by atoms with Gasteiger partial charge >= 0.3 is 0 Å². The number of morpholine rings is 1. The molecule has 0 radical (unpaired) electrons. The predicted octanol–water partition coefficient (Wildman–Crippen LogP) is 2.89. The van der Waals surface area contributed by atoms with Gasteiger partial charge in [-0.2, -0.15) is 0 Å². The second-order valence-corrected chi connectivity index (χ2v) is 7.20. The lowest BCUT2D eigenvalue weighted by Crippen LogP contribution is -2.51. The van der Waals surface area contributed by atoms with Gasteiger partial charge in [0.25, 0.3) is 0 Å². The van der Waals surface area contributed by atoms with E-state index in [0.717, 1.165) is 37.0 Å². The van der Waals surface area contributed by atoms with Crippen LogP contribution >= 0.6 is 24.0 Å². The molecular formula is C20H29IN4O2. The quantitative estimate of drug-likeness (QED) is 0.397. The highest BCUT2D eigenvalue weighted by Crippen LogP contribution is 2.25. The number of furan rings is 1. The SMILES string of the molecule is CN=C(NCc1oc2ccccc2c1C)NCC1CN2CCCC2CO1.I. The van der Waals surface area contributed by atoms with Crippen LogP contribution in [0.5, 0.6) is 0 Å². The van der Waals surface area contributed by atoms with Crippen molar-refractivity contribution in [2.24, 2.45) is 4.99 Å². The molecule has 1 aromatic heterocycles. The van der Waals surface area contributed by atoms with Crippen LogP contribution in [0, 0.1) is 6.92 Å². The second kappa shape index (κ2) is 9.25. The van der Waals surface area contributed by atoms with E-state index < -0.39 is 0 Å². The predicted molar refractivity (Wildman–Crippen MR) is 119 cm³/mol. The summed E-state index contributed by atoms with van der Waals surface area (Å²) < 4.78 is 12.0. The van der Waals surface area contributed by atoms with Crippen LogP contribution in [0.2, 0.25) is 0 Å². The minimum absolute atomic E-state index is 0. The molecule has 4 rings (SSSR count). The van der Waals surface area contributed by atoms with E-state index in [0.29, 0.717) is 12.6 Å². The van der Waals surface area contributed by atoms with E-state index in [1.54, 1.807) is 7.05 Å². The first kappa shape index (κ1) is 20.4. The van der Waals surface area contributed by atoms with Gasteiger partial charge in [-0.25, -0.2) is 0 Å². The maximum atomic E-state index is 6.00. The molecule has 2 fully saturated rings. The third-order valence-corrected chi connectivity index (χ3v) is 5.54. The zero-order chi connectivity index (χ0) is 17.9. The normalized spacial score (nSPS) is 23.1. The Morgan fingerprint density at radius 2 is 2.15 bits per heavy atom. The van der Waals surface area contributed by atoms with E-state index in [1.807, 2.05) is 18.2 Å². The van der Waals surface area contributed by atoms with Crippen LogP contribution in [0.4, 0.5) is 0 Å². The van der Waals surface area contributed by atoms with Crippen LogP contribution in [0.1, 0.15) is 24.2 Å². The molecule has 2 aliphatic rings. The number of rotatable bonds is 4. The van der Waals surface area contributed by atoms with Gasteiger partial charge in [0, 0.05) is 37.1 Å². The van der Waals surface area contributed by atoms with Crippen molar-refractivity contribution in [3.05, 3.63) is 35.6 Å². The Balaban J connectivity index is 0.00000210. The molecule has 2 saturated heterocycles. The minimum atomic E-state index is 0. The van der Waals surface area contributed by atoms with Crippen LogP contribution in [0.3, 0.4) is 0 Å². The first-order valence-electron chi connectivity index (χ1n) is 9.52. The molecule has 0 bridgehead atoms. The summed E-state index contributed by atoms with van der Waals surface area (Å²) in [5, 5.41) is 7.91. The molecule has 0 spiro atoms. The summed E-state index contributed by atoms with van der Waals surface area (Å²) in [5.41, 5.74) is 2.11. The Morgan fingerprint density at radius 3 is 2.96 bits per heavy atom. The average Bonchev–Trinajstić information content (AvgIpc) is 3.26. The molecule has 1 aromatic carbocycles. The summed E-state index contributed by atoms with van der Waals surface area (Å²) in [6, 6.07) is 8.77. The molecule has 2 atom stereocenters. The first-order chi connectivity index (χ1) is 12.7. The Morgan fingerprint density at radius 1 is 1.30 bits per heavy atom. The van der Waals surface area contributed by atoms with Gasteiger partial charge in [0.1, 0.15) is 11.3 Å². The Kier molecular flexibility index (Phi) is 6.99. The lowest BCUT2D eigenvalue weighted by molar-refractivity contribution is -0.0453. The van der Waals surface area contributed by atoms with E-state index in [2.05, 4.69) is 33.5 Å². The standard InChI is InChI=1S/C20H28N4O2.HI/c1-14-17-7-3-4-8-18(17)26-19(14)11-23-20(21-2)22-10-16-12-24-9-5-6-15(24)13-25-16;/h3-4,7-8,15-16H,5-6,9-13H2,1-2H3,(H2,21,22,23);1H. The molecule has 148 valence electrons. The maximum Gasteiger partial charge on any atom is 0.191 e. The molecule has 2 aromatic rings. The number of halogens is 1. The van der Waals surface area contributed by atoms with E-state index in [1.165, 1.54) is 30.3 Å². The van der Waals surface area contributed by atoms with Crippen LogP contribution in [0.15, 0.2) is 33.7 Å². The fourth-order valence-electron chi connectivity index (χ4n) is 4.00. The van der Waals surface area contributed by atoms with Crippen molar-refractivity contribution in [1.82, 2.24) is 15.5 Å². The number of guanidine groups is 1. The number of aryl methyl sites for hydroxylation is 1. The maximum absolute atomic E-state index is 6.00. The largest absolute Gasteiger partial charge is 0.459 e. The van der Waals surface area contributed by atoms with Gasteiger partial charge in [-0.05, 0) is 32.4 Å². The molecule has 2 N–H and O–H groups in total. The van der Waals surface area contributed by atoms with Crippen molar-refractivity contribution < 1.29 is 9.15 Å². The van der Waals surface area contributed by atoms with Gasteiger partial charge in [0.2, 0.25) is 0 Å². The van der Waals surface area contributed by atoms with Gasteiger partial charge in [-0.1, -0.05) is 18.2 Å². The summed E-state index contributed by atoms with van der Waals surface area (Å²) >= 11 is 0. The Labute approximate surface area is 177 Å². The lowest BCUT2D eigenvalue weighted by Gasteiger charge is -2.35. The van der Waals surface area contributed by atoms with E-state index in [9.17, 15) is 0 Å². The van der Waals surface area contributed by atoms with Gasteiger partial charge in [-0.15, -0.1) is 24.0 Å². The number of para-hydroxylation sites is 1. The van der Waals surface area contributed by atoms with Crippen molar-refractivity contribution in [1.29, 1.82) is 0 Å². The Hall–Kier alpha value is -1.32. The third-order valence-electron chi connectivity index (χ3n) is 5.54. The highest BCUT2D eigenvalue weighted by Gasteiger charge is 2.32. The van der Waals surface area contributed by atoms with Crippen LogP contribution in [-0.2, 0) is 11.3 Å². The zero-order valence-corrected chi connectivity index (χ0v) is 18.4. The number of benzene rings is 1. The molecule has 7 heteroatoms. The number of hydrogen-bond donors (Lipinski definition) is 2. The zero-order valence-electron chi connectivity index (χ0n) is 16.0.